The van der Waals surface area contributed by atoms with Crippen molar-refractivity contribution in [2.24, 2.45) is 16.3 Å². The van der Waals surface area contributed by atoms with Gasteiger partial charge in [0, 0.05) is 17.7 Å². The molecular weight excluding hydrogens is 404 g/mol. The van der Waals surface area contributed by atoms with Crippen LogP contribution in [0.15, 0.2) is 70.1 Å². The van der Waals surface area contributed by atoms with E-state index in [1.165, 1.54) is 0 Å². The standard InChI is InChI=1S/C26H24N2O4/c1-26(2)13-19-23(20(29)14-26)24(28-18-9-4-3-8-17(18)27-19)22-11-10-21(32-22)15-6-5-7-16(12-15)25(30)31/h3-12,23-24,28H,13-14H2,1-2H3,(H,30,31). The van der Waals surface area contributed by atoms with Gasteiger partial charge in [0.2, 0.25) is 0 Å². The van der Waals surface area contributed by atoms with Crippen LogP contribution >= 0.6 is 0 Å². The molecule has 0 radical (unpaired) electrons. The summed E-state index contributed by atoms with van der Waals surface area (Å²) in [4.78, 5) is 29.6. The largest absolute Gasteiger partial charge is 0.478 e. The second-order valence-corrected chi connectivity index (χ2v) is 9.29. The van der Waals surface area contributed by atoms with Crippen LogP contribution in [-0.2, 0) is 4.79 Å². The molecule has 2 atom stereocenters. The minimum absolute atomic E-state index is 0.137. The second kappa shape index (κ2) is 7.48. The summed E-state index contributed by atoms with van der Waals surface area (Å²) in [5, 5.41) is 12.8. The highest BCUT2D eigenvalue weighted by Gasteiger charge is 2.45. The van der Waals surface area contributed by atoms with Crippen molar-refractivity contribution in [3.63, 3.8) is 0 Å². The predicted molar refractivity (Wildman–Crippen MR) is 123 cm³/mol. The number of benzene rings is 2. The van der Waals surface area contributed by atoms with Crippen molar-refractivity contribution < 1.29 is 19.1 Å². The van der Waals surface area contributed by atoms with Crippen molar-refractivity contribution in [1.29, 1.82) is 0 Å². The lowest BCUT2D eigenvalue weighted by atomic mass is 9.68. The Morgan fingerprint density at radius 3 is 2.72 bits per heavy atom. The summed E-state index contributed by atoms with van der Waals surface area (Å²) >= 11 is 0. The summed E-state index contributed by atoms with van der Waals surface area (Å²) in [6.07, 6.45) is 1.23. The number of rotatable bonds is 3. The van der Waals surface area contributed by atoms with Crippen LogP contribution in [0, 0.1) is 11.3 Å². The van der Waals surface area contributed by atoms with E-state index in [0.717, 1.165) is 23.5 Å². The normalized spacial score (nSPS) is 21.6. The lowest BCUT2D eigenvalue weighted by Crippen LogP contribution is -2.42. The highest BCUT2D eigenvalue weighted by Crippen LogP contribution is 2.45. The number of aromatic carboxylic acids is 1. The number of hydrogen-bond acceptors (Lipinski definition) is 5. The van der Waals surface area contributed by atoms with Crippen LogP contribution < -0.4 is 5.32 Å². The first-order chi connectivity index (χ1) is 15.3. The van der Waals surface area contributed by atoms with Gasteiger partial charge in [-0.2, -0.15) is 0 Å². The molecule has 0 bridgehead atoms. The first-order valence-electron chi connectivity index (χ1n) is 10.7. The number of carboxylic acids is 1. The van der Waals surface area contributed by atoms with Crippen LogP contribution in [0.5, 0.6) is 0 Å². The third-order valence-corrected chi connectivity index (χ3v) is 6.16. The number of carbonyl (C=O) groups excluding carboxylic acids is 1. The highest BCUT2D eigenvalue weighted by molar-refractivity contribution is 6.10. The van der Waals surface area contributed by atoms with Crippen molar-refractivity contribution in [1.82, 2.24) is 0 Å². The van der Waals surface area contributed by atoms with E-state index in [1.54, 1.807) is 18.2 Å². The number of anilines is 1. The smallest absolute Gasteiger partial charge is 0.335 e. The van der Waals surface area contributed by atoms with Gasteiger partial charge in [0.15, 0.2) is 0 Å². The van der Waals surface area contributed by atoms with E-state index >= 15 is 0 Å². The molecule has 3 aromatic rings. The molecule has 1 aromatic heterocycles. The maximum atomic E-state index is 13.3. The molecule has 2 aromatic carbocycles. The number of ketones is 1. The quantitative estimate of drug-likeness (QED) is 0.543. The Morgan fingerprint density at radius 2 is 1.91 bits per heavy atom. The molecule has 162 valence electrons. The number of nitrogens with zero attached hydrogens (tertiary/aromatic N) is 1. The molecule has 5 rings (SSSR count). The van der Waals surface area contributed by atoms with Gasteiger partial charge in [0.05, 0.1) is 28.9 Å². The second-order valence-electron chi connectivity index (χ2n) is 9.29. The minimum atomic E-state index is -0.989. The average molecular weight is 428 g/mol. The zero-order valence-corrected chi connectivity index (χ0v) is 18.0. The van der Waals surface area contributed by atoms with Gasteiger partial charge < -0.3 is 14.8 Å². The van der Waals surface area contributed by atoms with Gasteiger partial charge in [-0.15, -0.1) is 0 Å². The number of fused-ring (bicyclic) bond motifs is 2. The third-order valence-electron chi connectivity index (χ3n) is 6.16. The van der Waals surface area contributed by atoms with Gasteiger partial charge in [-0.3, -0.25) is 9.79 Å². The molecule has 6 heteroatoms. The number of furan rings is 1. The summed E-state index contributed by atoms with van der Waals surface area (Å²) < 4.78 is 6.20. The van der Waals surface area contributed by atoms with Crippen LogP contribution in [0.2, 0.25) is 0 Å². The molecule has 0 spiro atoms. The van der Waals surface area contributed by atoms with Crippen LogP contribution in [0.3, 0.4) is 0 Å². The van der Waals surface area contributed by atoms with Crippen molar-refractivity contribution in [2.45, 2.75) is 32.7 Å². The number of aliphatic imine (C=N–C) groups is 1. The topological polar surface area (TPSA) is 91.9 Å². The van der Waals surface area contributed by atoms with E-state index in [2.05, 4.69) is 19.2 Å². The molecule has 1 aliphatic heterocycles. The molecule has 1 fully saturated rings. The summed E-state index contributed by atoms with van der Waals surface area (Å²) in [7, 11) is 0. The number of Topliss-reactive ketones (excluding diaryl/α,β-unsaturated/α-hetero) is 1. The number of hydrogen-bond donors (Lipinski definition) is 2. The summed E-state index contributed by atoms with van der Waals surface area (Å²) in [6.45, 7) is 4.20. The van der Waals surface area contributed by atoms with Gasteiger partial charge in [-0.1, -0.05) is 38.1 Å². The molecule has 2 unspecified atom stereocenters. The molecule has 1 aliphatic carbocycles. The van der Waals surface area contributed by atoms with E-state index in [-0.39, 0.29) is 16.8 Å². The summed E-state index contributed by atoms with van der Waals surface area (Å²) in [5.74, 6) is -0.0689. The van der Waals surface area contributed by atoms with Gasteiger partial charge in [0.25, 0.3) is 0 Å². The van der Waals surface area contributed by atoms with Crippen molar-refractivity contribution in [3.8, 4) is 11.3 Å². The van der Waals surface area contributed by atoms with Gasteiger partial charge in [-0.05, 0) is 48.2 Å². The summed E-state index contributed by atoms with van der Waals surface area (Å²) in [6, 6.07) is 17.7. The van der Waals surface area contributed by atoms with Crippen LogP contribution in [0.25, 0.3) is 11.3 Å². The van der Waals surface area contributed by atoms with Crippen LogP contribution in [-0.4, -0.2) is 22.6 Å². The Labute approximate surface area is 186 Å². The summed E-state index contributed by atoms with van der Waals surface area (Å²) in [5.41, 5.74) is 3.29. The van der Waals surface area contributed by atoms with E-state index < -0.39 is 17.9 Å². The number of carbonyl (C=O) groups is 2. The Hall–Kier alpha value is -3.67. The molecular formula is C26H24N2O4. The molecule has 2 N–H and O–H groups in total. The van der Waals surface area contributed by atoms with Crippen molar-refractivity contribution in [3.05, 3.63) is 72.0 Å². The molecule has 2 heterocycles. The van der Waals surface area contributed by atoms with E-state index in [0.29, 0.717) is 23.5 Å². The average Bonchev–Trinajstić information content (AvgIpc) is 3.17. The van der Waals surface area contributed by atoms with Crippen LogP contribution in [0.1, 0.15) is 48.8 Å². The first kappa shape index (κ1) is 20.2. The zero-order chi connectivity index (χ0) is 22.5. The number of nitrogens with one attached hydrogen (secondary N) is 1. The molecule has 32 heavy (non-hydrogen) atoms. The van der Waals surface area contributed by atoms with Gasteiger partial charge in [-0.25, -0.2) is 4.79 Å². The van der Waals surface area contributed by atoms with Crippen molar-refractivity contribution in [2.75, 3.05) is 5.32 Å². The lowest BCUT2D eigenvalue weighted by molar-refractivity contribution is -0.124. The lowest BCUT2D eigenvalue weighted by Gasteiger charge is -2.36. The van der Waals surface area contributed by atoms with Gasteiger partial charge >= 0.3 is 5.97 Å². The fourth-order valence-corrected chi connectivity index (χ4v) is 4.73. The Kier molecular flexibility index (Phi) is 4.73. The Bertz CT molecular complexity index is 1250. The number of carboxylic acid groups (broad SMARTS) is 1. The van der Waals surface area contributed by atoms with Crippen LogP contribution in [0.4, 0.5) is 11.4 Å². The fourth-order valence-electron chi connectivity index (χ4n) is 4.73. The van der Waals surface area contributed by atoms with E-state index in [1.807, 2.05) is 42.5 Å². The Morgan fingerprint density at radius 1 is 1.09 bits per heavy atom. The van der Waals surface area contributed by atoms with E-state index in [4.69, 9.17) is 9.41 Å². The molecule has 6 nitrogen and oxygen atoms in total. The number of para-hydroxylation sites is 2. The maximum Gasteiger partial charge on any atom is 0.335 e. The molecule has 1 saturated carbocycles. The SMILES string of the molecule is CC1(C)CC(=O)C2C(=Nc3ccccc3NC2c2ccc(-c3cccc(C(=O)O)c3)o2)C1. The Balaban J connectivity index is 1.57. The fraction of sp³-hybridized carbons (Fsp3) is 0.269. The van der Waals surface area contributed by atoms with E-state index in [9.17, 15) is 14.7 Å². The highest BCUT2D eigenvalue weighted by atomic mass is 16.4. The van der Waals surface area contributed by atoms with Crippen molar-refractivity contribution >= 4 is 28.8 Å². The minimum Gasteiger partial charge on any atom is -0.478 e. The third kappa shape index (κ3) is 3.62. The molecule has 2 aliphatic rings. The van der Waals surface area contributed by atoms with Gasteiger partial charge in [0.1, 0.15) is 17.3 Å². The monoisotopic (exact) mass is 428 g/mol. The molecule has 0 amide bonds. The zero-order valence-electron chi connectivity index (χ0n) is 18.0. The molecule has 0 saturated heterocycles. The maximum absolute atomic E-state index is 13.3. The first-order valence-corrected chi connectivity index (χ1v) is 10.7. The predicted octanol–water partition coefficient (Wildman–Crippen LogP) is 5.89.